The van der Waals surface area contributed by atoms with Gasteiger partial charge in [0.1, 0.15) is 0 Å². The lowest BCUT2D eigenvalue weighted by atomic mass is 9.93. The molecular formula is C6H10BrNO. The van der Waals surface area contributed by atoms with Gasteiger partial charge in [-0.25, -0.2) is 0 Å². The fourth-order valence-electron chi connectivity index (χ4n) is 0.919. The third kappa shape index (κ3) is 1.45. The summed E-state index contributed by atoms with van der Waals surface area (Å²) in [6.07, 6.45) is 0.665. The third-order valence-corrected chi connectivity index (χ3v) is 2.98. The van der Waals surface area contributed by atoms with E-state index in [1.807, 2.05) is 0 Å². The lowest BCUT2D eigenvalue weighted by Crippen LogP contribution is -2.21. The Morgan fingerprint density at radius 3 is 2.78 bits per heavy atom. The Hall–Kier alpha value is -0.0500. The van der Waals surface area contributed by atoms with Crippen molar-refractivity contribution in [2.24, 2.45) is 5.41 Å². The minimum Gasteiger partial charge on any atom is -0.355 e. The Morgan fingerprint density at radius 1 is 1.89 bits per heavy atom. The van der Waals surface area contributed by atoms with Crippen LogP contribution >= 0.6 is 15.9 Å². The van der Waals surface area contributed by atoms with Crippen molar-refractivity contribution in [3.8, 4) is 0 Å². The molecule has 1 aliphatic rings. The molecule has 3 heteroatoms. The molecule has 0 saturated carbocycles. The average molecular weight is 192 g/mol. The van der Waals surface area contributed by atoms with Crippen LogP contribution in [-0.2, 0) is 4.79 Å². The highest BCUT2D eigenvalue weighted by Gasteiger charge is 2.32. The van der Waals surface area contributed by atoms with Gasteiger partial charge < -0.3 is 5.32 Å². The van der Waals surface area contributed by atoms with Crippen molar-refractivity contribution in [2.75, 3.05) is 11.9 Å². The fraction of sp³-hybridized carbons (Fsp3) is 0.833. The molecule has 9 heavy (non-hydrogen) atoms. The molecule has 1 N–H and O–H groups in total. The molecule has 0 aromatic rings. The van der Waals surface area contributed by atoms with Crippen LogP contribution in [0.4, 0.5) is 0 Å². The molecule has 1 amide bonds. The van der Waals surface area contributed by atoms with Gasteiger partial charge in [-0.2, -0.15) is 0 Å². The van der Waals surface area contributed by atoms with Crippen molar-refractivity contribution < 1.29 is 4.79 Å². The van der Waals surface area contributed by atoms with Gasteiger partial charge in [0.15, 0.2) is 0 Å². The highest BCUT2D eigenvalue weighted by molar-refractivity contribution is 9.09. The van der Waals surface area contributed by atoms with Crippen molar-refractivity contribution in [1.29, 1.82) is 0 Å². The van der Waals surface area contributed by atoms with Crippen LogP contribution in [0.25, 0.3) is 0 Å². The van der Waals surface area contributed by atoms with Crippen LogP contribution in [0, 0.1) is 5.41 Å². The molecule has 1 heterocycles. The zero-order chi connectivity index (χ0) is 6.91. The monoisotopic (exact) mass is 191 g/mol. The lowest BCUT2D eigenvalue weighted by Gasteiger charge is -2.15. The van der Waals surface area contributed by atoms with Crippen LogP contribution in [0.1, 0.15) is 13.3 Å². The molecule has 1 atom stereocenters. The van der Waals surface area contributed by atoms with E-state index >= 15 is 0 Å². The highest BCUT2D eigenvalue weighted by atomic mass is 79.9. The summed E-state index contributed by atoms with van der Waals surface area (Å²) in [6.45, 7) is 2.91. The van der Waals surface area contributed by atoms with Gasteiger partial charge in [0.25, 0.3) is 0 Å². The molecule has 1 saturated heterocycles. The predicted molar refractivity (Wildman–Crippen MR) is 39.5 cm³/mol. The second-order valence-corrected chi connectivity index (χ2v) is 3.46. The summed E-state index contributed by atoms with van der Waals surface area (Å²) in [5, 5.41) is 3.69. The molecule has 1 rings (SSSR count). The molecular weight excluding hydrogens is 182 g/mol. The summed E-state index contributed by atoms with van der Waals surface area (Å²) in [4.78, 5) is 10.7. The van der Waals surface area contributed by atoms with Crippen molar-refractivity contribution in [1.82, 2.24) is 5.32 Å². The number of hydrogen-bond donors (Lipinski definition) is 1. The number of carbonyl (C=O) groups is 1. The van der Waals surface area contributed by atoms with E-state index in [9.17, 15) is 4.79 Å². The van der Waals surface area contributed by atoms with Crippen LogP contribution in [-0.4, -0.2) is 17.8 Å². The van der Waals surface area contributed by atoms with E-state index in [2.05, 4.69) is 28.2 Å². The second-order valence-electron chi connectivity index (χ2n) is 2.90. The summed E-state index contributed by atoms with van der Waals surface area (Å²) in [5.74, 6) is 0.178. The highest BCUT2D eigenvalue weighted by Crippen LogP contribution is 2.26. The SMILES string of the molecule is C[C@@]1(CBr)CNC(=O)C1. The molecule has 0 aromatic carbocycles. The van der Waals surface area contributed by atoms with Crippen molar-refractivity contribution in [3.63, 3.8) is 0 Å². The van der Waals surface area contributed by atoms with Crippen molar-refractivity contribution in [3.05, 3.63) is 0 Å². The number of hydrogen-bond acceptors (Lipinski definition) is 1. The van der Waals surface area contributed by atoms with Gasteiger partial charge in [0.05, 0.1) is 0 Å². The Bertz CT molecular complexity index is 137. The molecule has 0 aliphatic carbocycles. The minimum atomic E-state index is 0.164. The number of nitrogens with one attached hydrogen (secondary N) is 1. The van der Waals surface area contributed by atoms with Gasteiger partial charge in [-0.3, -0.25) is 4.79 Å². The first-order valence-corrected chi connectivity index (χ1v) is 4.11. The Morgan fingerprint density at radius 2 is 2.56 bits per heavy atom. The summed E-state index contributed by atoms with van der Waals surface area (Å²) < 4.78 is 0. The average Bonchev–Trinajstić information content (AvgIpc) is 2.13. The number of halogens is 1. The molecule has 52 valence electrons. The van der Waals surface area contributed by atoms with E-state index in [1.165, 1.54) is 0 Å². The van der Waals surface area contributed by atoms with Crippen LogP contribution in [0.2, 0.25) is 0 Å². The molecule has 0 radical (unpaired) electrons. The van der Waals surface area contributed by atoms with Gasteiger partial charge in [0.2, 0.25) is 5.91 Å². The fourth-order valence-corrected chi connectivity index (χ4v) is 1.32. The molecule has 0 spiro atoms. The zero-order valence-corrected chi connectivity index (χ0v) is 6.99. The van der Waals surface area contributed by atoms with Gasteiger partial charge >= 0.3 is 0 Å². The van der Waals surface area contributed by atoms with Crippen LogP contribution in [0.15, 0.2) is 0 Å². The standard InChI is InChI=1S/C6H10BrNO/c1-6(3-7)2-5(9)8-4-6/h2-4H2,1H3,(H,8,9)/t6-/m1/s1. The Labute approximate surface area is 63.1 Å². The number of rotatable bonds is 1. The first-order valence-electron chi connectivity index (χ1n) is 2.99. The van der Waals surface area contributed by atoms with Gasteiger partial charge in [-0.05, 0) is 0 Å². The molecule has 0 bridgehead atoms. The summed E-state index contributed by atoms with van der Waals surface area (Å²) in [6, 6.07) is 0. The zero-order valence-electron chi connectivity index (χ0n) is 5.41. The quantitative estimate of drug-likeness (QED) is 0.614. The number of alkyl halides is 1. The van der Waals surface area contributed by atoms with Crippen molar-refractivity contribution in [2.45, 2.75) is 13.3 Å². The number of carbonyl (C=O) groups excluding carboxylic acids is 1. The van der Waals surface area contributed by atoms with Crippen LogP contribution in [0.5, 0.6) is 0 Å². The first kappa shape index (κ1) is 7.06. The van der Waals surface area contributed by atoms with Gasteiger partial charge in [-0.1, -0.05) is 22.9 Å². The van der Waals surface area contributed by atoms with E-state index in [0.29, 0.717) is 6.42 Å². The van der Waals surface area contributed by atoms with E-state index < -0.39 is 0 Å². The predicted octanol–water partition coefficient (Wildman–Crippen LogP) is 0.907. The largest absolute Gasteiger partial charge is 0.355 e. The molecule has 0 aromatic heterocycles. The Balaban J connectivity index is 2.54. The first-order chi connectivity index (χ1) is 4.16. The molecule has 0 unspecified atom stereocenters. The maximum absolute atomic E-state index is 10.7. The summed E-state index contributed by atoms with van der Waals surface area (Å²) in [7, 11) is 0. The van der Waals surface area contributed by atoms with Crippen LogP contribution in [0.3, 0.4) is 0 Å². The summed E-state index contributed by atoms with van der Waals surface area (Å²) in [5.41, 5.74) is 0.164. The van der Waals surface area contributed by atoms with Crippen molar-refractivity contribution >= 4 is 21.8 Å². The smallest absolute Gasteiger partial charge is 0.220 e. The molecule has 2 nitrogen and oxygen atoms in total. The Kier molecular flexibility index (Phi) is 1.80. The maximum atomic E-state index is 10.7. The lowest BCUT2D eigenvalue weighted by molar-refractivity contribution is -0.119. The minimum absolute atomic E-state index is 0.164. The third-order valence-electron chi connectivity index (χ3n) is 1.62. The van der Waals surface area contributed by atoms with Crippen LogP contribution < -0.4 is 5.32 Å². The normalized spacial score (nSPS) is 34.7. The van der Waals surface area contributed by atoms with E-state index in [4.69, 9.17) is 0 Å². The summed E-state index contributed by atoms with van der Waals surface area (Å²) >= 11 is 3.37. The van der Waals surface area contributed by atoms with E-state index in [0.717, 1.165) is 11.9 Å². The van der Waals surface area contributed by atoms with E-state index in [-0.39, 0.29) is 11.3 Å². The molecule has 1 fully saturated rings. The van der Waals surface area contributed by atoms with Gasteiger partial charge in [0, 0.05) is 23.7 Å². The van der Waals surface area contributed by atoms with Gasteiger partial charge in [-0.15, -0.1) is 0 Å². The topological polar surface area (TPSA) is 29.1 Å². The second kappa shape index (κ2) is 2.29. The van der Waals surface area contributed by atoms with E-state index in [1.54, 1.807) is 0 Å². The maximum Gasteiger partial charge on any atom is 0.220 e. The molecule has 1 aliphatic heterocycles. The number of amides is 1.